The van der Waals surface area contributed by atoms with Crippen molar-refractivity contribution >= 4 is 35.5 Å². The van der Waals surface area contributed by atoms with Crippen molar-refractivity contribution in [1.82, 2.24) is 16.0 Å². The first-order chi connectivity index (χ1) is 15.5. The van der Waals surface area contributed by atoms with Gasteiger partial charge in [-0.1, -0.05) is 26.0 Å². The summed E-state index contributed by atoms with van der Waals surface area (Å²) >= 11 is 1.47. The first-order valence-electron chi connectivity index (χ1n) is 10.6. The Kier molecular flexibility index (Phi) is 11.7. The summed E-state index contributed by atoms with van der Waals surface area (Å²) in [6, 6.07) is 2.36. The van der Waals surface area contributed by atoms with E-state index < -0.39 is 47.9 Å². The fraction of sp³-hybridized carbons (Fsp3) is 0.545. The van der Waals surface area contributed by atoms with E-state index in [-0.39, 0.29) is 24.5 Å². The summed E-state index contributed by atoms with van der Waals surface area (Å²) in [4.78, 5) is 49.1. The van der Waals surface area contributed by atoms with Crippen molar-refractivity contribution in [1.29, 1.82) is 0 Å². The monoisotopic (exact) mass is 482 g/mol. The van der Waals surface area contributed by atoms with Crippen LogP contribution in [0.5, 0.6) is 5.75 Å². The van der Waals surface area contributed by atoms with Crippen LogP contribution < -0.4 is 21.7 Å². The zero-order valence-corrected chi connectivity index (χ0v) is 20.1. The highest BCUT2D eigenvalue weighted by atomic mass is 32.2. The van der Waals surface area contributed by atoms with E-state index >= 15 is 0 Å². The normalized spacial score (nSPS) is 14.6. The largest absolute Gasteiger partial charge is 0.508 e. The second kappa shape index (κ2) is 13.7. The third-order valence-corrected chi connectivity index (χ3v) is 5.60. The van der Waals surface area contributed by atoms with Gasteiger partial charge in [0.1, 0.15) is 23.9 Å². The highest BCUT2D eigenvalue weighted by Crippen LogP contribution is 2.11. The van der Waals surface area contributed by atoms with Gasteiger partial charge in [0.25, 0.3) is 0 Å². The second-order valence-electron chi connectivity index (χ2n) is 8.12. The fourth-order valence-corrected chi connectivity index (χ4v) is 3.40. The maximum absolute atomic E-state index is 12.7. The Hall–Kier alpha value is -2.79. The minimum absolute atomic E-state index is 0.102. The summed E-state index contributed by atoms with van der Waals surface area (Å²) in [5.74, 6) is -2.54. The van der Waals surface area contributed by atoms with Gasteiger partial charge in [0.2, 0.25) is 17.7 Å². The fourth-order valence-electron chi connectivity index (χ4n) is 2.93. The highest BCUT2D eigenvalue weighted by molar-refractivity contribution is 7.98. The van der Waals surface area contributed by atoms with Gasteiger partial charge in [0.05, 0.1) is 6.04 Å². The molecule has 0 aliphatic carbocycles. The van der Waals surface area contributed by atoms with Crippen LogP contribution in [0.4, 0.5) is 0 Å². The van der Waals surface area contributed by atoms with Crippen molar-refractivity contribution in [2.24, 2.45) is 11.7 Å². The molecular formula is C22H34N4O6S. The summed E-state index contributed by atoms with van der Waals surface area (Å²) in [6.07, 6.45) is 2.31. The van der Waals surface area contributed by atoms with Crippen molar-refractivity contribution in [2.45, 2.75) is 57.8 Å². The topological polar surface area (TPSA) is 171 Å². The molecule has 1 aromatic rings. The van der Waals surface area contributed by atoms with Gasteiger partial charge >= 0.3 is 5.97 Å². The van der Waals surface area contributed by atoms with Crippen LogP contribution in [0.3, 0.4) is 0 Å². The van der Waals surface area contributed by atoms with Gasteiger partial charge in [0, 0.05) is 0 Å². The second-order valence-corrected chi connectivity index (χ2v) is 9.10. The number of carbonyl (C=O) groups excluding carboxylic acids is 3. The lowest BCUT2D eigenvalue weighted by atomic mass is 10.0. The molecule has 7 N–H and O–H groups in total. The Morgan fingerprint density at radius 1 is 0.970 bits per heavy atom. The first kappa shape index (κ1) is 28.2. The molecule has 1 aromatic carbocycles. The van der Waals surface area contributed by atoms with Gasteiger partial charge in [-0.15, -0.1) is 0 Å². The summed E-state index contributed by atoms with van der Waals surface area (Å²) < 4.78 is 0. The zero-order valence-electron chi connectivity index (χ0n) is 19.3. The van der Waals surface area contributed by atoms with Gasteiger partial charge in [-0.2, -0.15) is 11.8 Å². The molecular weight excluding hydrogens is 448 g/mol. The van der Waals surface area contributed by atoms with Gasteiger partial charge < -0.3 is 31.9 Å². The smallest absolute Gasteiger partial charge is 0.326 e. The molecule has 4 unspecified atom stereocenters. The minimum atomic E-state index is -1.14. The number of rotatable bonds is 13. The number of aromatic hydroxyl groups is 1. The molecule has 0 saturated carbocycles. The Labute approximate surface area is 198 Å². The van der Waals surface area contributed by atoms with Crippen molar-refractivity contribution in [2.75, 3.05) is 12.0 Å². The molecule has 0 spiro atoms. The highest BCUT2D eigenvalue weighted by Gasteiger charge is 2.30. The Morgan fingerprint density at radius 3 is 2.09 bits per heavy atom. The van der Waals surface area contributed by atoms with Crippen LogP contribution in [0.15, 0.2) is 24.3 Å². The number of amides is 3. The van der Waals surface area contributed by atoms with E-state index in [1.165, 1.54) is 30.8 Å². The van der Waals surface area contributed by atoms with Crippen LogP contribution in [0, 0.1) is 5.92 Å². The third kappa shape index (κ3) is 9.70. The molecule has 0 aromatic heterocycles. The Morgan fingerprint density at radius 2 is 1.58 bits per heavy atom. The molecule has 3 amide bonds. The van der Waals surface area contributed by atoms with E-state index in [9.17, 15) is 29.4 Å². The number of phenolic OH excluding ortho intramolecular Hbond substituents is 1. The van der Waals surface area contributed by atoms with Crippen LogP contribution in [-0.2, 0) is 25.6 Å². The van der Waals surface area contributed by atoms with E-state index in [1.54, 1.807) is 26.0 Å². The molecule has 10 nitrogen and oxygen atoms in total. The molecule has 0 aliphatic heterocycles. The maximum Gasteiger partial charge on any atom is 0.326 e. The number of nitrogens with two attached hydrogens (primary N) is 1. The third-order valence-electron chi connectivity index (χ3n) is 4.95. The summed E-state index contributed by atoms with van der Waals surface area (Å²) in [6.45, 7) is 4.91. The van der Waals surface area contributed by atoms with Crippen LogP contribution in [0.25, 0.3) is 0 Å². The van der Waals surface area contributed by atoms with Crippen molar-refractivity contribution in [3.8, 4) is 5.75 Å². The number of carboxylic acid groups (broad SMARTS) is 1. The van der Waals surface area contributed by atoms with Crippen LogP contribution in [0.2, 0.25) is 0 Å². The van der Waals surface area contributed by atoms with E-state index in [1.807, 2.05) is 6.26 Å². The number of thioether (sulfide) groups is 1. The average molecular weight is 483 g/mol. The number of hydrogen-bond donors (Lipinski definition) is 6. The van der Waals surface area contributed by atoms with E-state index in [2.05, 4.69) is 16.0 Å². The first-order valence-corrected chi connectivity index (χ1v) is 12.0. The molecule has 0 aliphatic rings. The van der Waals surface area contributed by atoms with E-state index in [0.717, 1.165) is 5.56 Å². The summed E-state index contributed by atoms with van der Waals surface area (Å²) in [5, 5.41) is 26.2. The van der Waals surface area contributed by atoms with Gasteiger partial charge in [-0.25, -0.2) is 4.79 Å². The zero-order chi connectivity index (χ0) is 25.1. The minimum Gasteiger partial charge on any atom is -0.508 e. The molecule has 0 radical (unpaired) electrons. The lowest BCUT2D eigenvalue weighted by molar-refractivity contribution is -0.142. The number of benzene rings is 1. The predicted octanol–water partition coefficient (Wildman–Crippen LogP) is 0.230. The Bertz CT molecular complexity index is 818. The van der Waals surface area contributed by atoms with Crippen molar-refractivity contribution in [3.63, 3.8) is 0 Å². The van der Waals surface area contributed by atoms with Crippen LogP contribution in [0.1, 0.15) is 32.8 Å². The van der Waals surface area contributed by atoms with Crippen LogP contribution >= 0.6 is 11.8 Å². The molecule has 1 rings (SSSR count). The molecule has 0 fully saturated rings. The van der Waals surface area contributed by atoms with E-state index in [4.69, 9.17) is 5.73 Å². The number of nitrogens with one attached hydrogen (secondary N) is 3. The molecule has 33 heavy (non-hydrogen) atoms. The molecule has 0 heterocycles. The quantitative estimate of drug-likeness (QED) is 0.232. The number of carboxylic acids is 1. The number of carbonyl (C=O) groups is 4. The molecule has 0 bridgehead atoms. The molecule has 0 saturated heterocycles. The van der Waals surface area contributed by atoms with Gasteiger partial charge in [0.15, 0.2) is 0 Å². The summed E-state index contributed by atoms with van der Waals surface area (Å²) in [5.41, 5.74) is 6.68. The van der Waals surface area contributed by atoms with Crippen LogP contribution in [-0.4, -0.2) is 70.1 Å². The number of hydrogen-bond acceptors (Lipinski definition) is 7. The molecule has 184 valence electrons. The van der Waals surface area contributed by atoms with Gasteiger partial charge in [-0.3, -0.25) is 14.4 Å². The standard InChI is InChI=1S/C22H34N4O6S/c1-12(2)18(21(30)25-17(22(31)32)9-10-33-4)26-19(28)13(3)24-20(29)16(23)11-14-5-7-15(27)8-6-14/h5-8,12-13,16-18,27H,9-11,23H2,1-4H3,(H,24,29)(H,25,30)(H,26,28)(H,31,32). The lowest BCUT2D eigenvalue weighted by Gasteiger charge is -2.26. The molecule has 11 heteroatoms. The lowest BCUT2D eigenvalue weighted by Crippen LogP contribution is -2.58. The SMILES string of the molecule is CSCCC(NC(=O)C(NC(=O)C(C)NC(=O)C(N)Cc1ccc(O)cc1)C(C)C)C(=O)O. The average Bonchev–Trinajstić information content (AvgIpc) is 2.75. The molecule has 4 atom stereocenters. The summed E-state index contributed by atoms with van der Waals surface area (Å²) in [7, 11) is 0. The number of aliphatic carboxylic acids is 1. The van der Waals surface area contributed by atoms with Gasteiger partial charge in [-0.05, 0) is 55.4 Å². The van der Waals surface area contributed by atoms with E-state index in [0.29, 0.717) is 5.75 Å². The van der Waals surface area contributed by atoms with Crippen molar-refractivity contribution < 1.29 is 29.4 Å². The van der Waals surface area contributed by atoms with Crippen molar-refractivity contribution in [3.05, 3.63) is 29.8 Å². The maximum atomic E-state index is 12.7. The number of phenols is 1. The predicted molar refractivity (Wildman–Crippen MR) is 127 cm³/mol. The Balaban J connectivity index is 2.69.